The molecule has 1 heterocycles. The first-order valence-electron chi connectivity index (χ1n) is 7.51. The zero-order valence-corrected chi connectivity index (χ0v) is 13.9. The molecule has 0 spiro atoms. The second-order valence-electron chi connectivity index (χ2n) is 5.30. The fraction of sp³-hybridized carbons (Fsp3) is 0.111. The Hall–Kier alpha value is -2.99. The Morgan fingerprint density at radius 2 is 1.72 bits per heavy atom. The number of ether oxygens (including phenoxy) is 1. The molecule has 3 aromatic rings. The monoisotopic (exact) mass is 355 g/mol. The van der Waals surface area contributed by atoms with Gasteiger partial charge in [0.2, 0.25) is 5.78 Å². The molecule has 0 unspecified atom stereocenters. The van der Waals surface area contributed by atoms with E-state index < -0.39 is 5.78 Å². The zero-order valence-electron chi connectivity index (χ0n) is 13.1. The molecule has 0 saturated heterocycles. The maximum Gasteiger partial charge on any atom is 0.207 e. The van der Waals surface area contributed by atoms with E-state index in [1.54, 1.807) is 36.4 Å². The van der Waals surface area contributed by atoms with Gasteiger partial charge < -0.3 is 4.74 Å². The summed E-state index contributed by atoms with van der Waals surface area (Å²) in [7, 11) is 0. The molecule has 1 aromatic heterocycles. The summed E-state index contributed by atoms with van der Waals surface area (Å²) in [6, 6.07) is 14.0. The van der Waals surface area contributed by atoms with E-state index in [0.717, 1.165) is 5.56 Å². The highest BCUT2D eigenvalue weighted by molar-refractivity contribution is 6.30. The number of carbonyl (C=O) groups excluding carboxylic acids is 2. The van der Waals surface area contributed by atoms with Gasteiger partial charge in [0.25, 0.3) is 0 Å². The summed E-state index contributed by atoms with van der Waals surface area (Å²) in [4.78, 5) is 27.7. The quantitative estimate of drug-likeness (QED) is 0.518. The van der Waals surface area contributed by atoms with Gasteiger partial charge >= 0.3 is 0 Å². The predicted molar refractivity (Wildman–Crippen MR) is 91.9 cm³/mol. The van der Waals surface area contributed by atoms with Gasteiger partial charge in [-0.05, 0) is 42.0 Å². The van der Waals surface area contributed by atoms with Crippen LogP contribution in [0.15, 0.2) is 54.9 Å². The Morgan fingerprint density at radius 3 is 2.36 bits per heavy atom. The minimum Gasteiger partial charge on any atom is -0.489 e. The van der Waals surface area contributed by atoms with Crippen LogP contribution in [0.25, 0.3) is 0 Å². The average molecular weight is 356 g/mol. The van der Waals surface area contributed by atoms with Gasteiger partial charge in [-0.3, -0.25) is 14.7 Å². The molecule has 0 aliphatic rings. The highest BCUT2D eigenvalue weighted by Gasteiger charge is 2.15. The molecule has 0 aliphatic carbocycles. The molecule has 25 heavy (non-hydrogen) atoms. The van der Waals surface area contributed by atoms with Crippen LogP contribution in [0.1, 0.15) is 33.0 Å². The number of halogens is 1. The lowest BCUT2D eigenvalue weighted by atomic mass is 10.1. The van der Waals surface area contributed by atoms with Crippen LogP contribution in [0, 0.1) is 0 Å². The van der Waals surface area contributed by atoms with E-state index in [0.29, 0.717) is 22.9 Å². The van der Waals surface area contributed by atoms with Gasteiger partial charge in [-0.25, -0.2) is 4.98 Å². The third kappa shape index (κ3) is 4.51. The number of aromatic nitrogens is 3. The Balaban J connectivity index is 1.57. The molecular weight excluding hydrogens is 342 g/mol. The SMILES string of the molecule is O=C(CC(=O)c1ncn[nH]1)c1ccc(OCc2ccc(Cl)cc2)cc1. The average Bonchev–Trinajstić information content (AvgIpc) is 3.16. The van der Waals surface area contributed by atoms with Gasteiger partial charge in [-0.1, -0.05) is 23.7 Å². The molecule has 3 rings (SSSR count). The Kier molecular flexibility index (Phi) is 5.20. The molecule has 0 fully saturated rings. The number of nitrogens with one attached hydrogen (secondary N) is 1. The number of benzene rings is 2. The molecule has 7 heteroatoms. The summed E-state index contributed by atoms with van der Waals surface area (Å²) in [6.45, 7) is 0.397. The largest absolute Gasteiger partial charge is 0.489 e. The van der Waals surface area contributed by atoms with E-state index in [1.807, 2.05) is 12.1 Å². The number of rotatable bonds is 7. The molecule has 0 amide bonds. The van der Waals surface area contributed by atoms with E-state index in [-0.39, 0.29) is 18.0 Å². The van der Waals surface area contributed by atoms with Gasteiger partial charge in [0.05, 0.1) is 6.42 Å². The zero-order chi connectivity index (χ0) is 17.6. The third-order valence-electron chi connectivity index (χ3n) is 3.50. The summed E-state index contributed by atoms with van der Waals surface area (Å²) in [5.74, 6) is 0.0283. The van der Waals surface area contributed by atoms with Gasteiger partial charge in [0.15, 0.2) is 11.6 Å². The molecular formula is C18H14ClN3O3. The van der Waals surface area contributed by atoms with Crippen LogP contribution >= 0.6 is 11.6 Å². The minimum absolute atomic E-state index is 0.0799. The van der Waals surface area contributed by atoms with Gasteiger partial charge in [0.1, 0.15) is 18.7 Å². The molecule has 0 radical (unpaired) electrons. The van der Waals surface area contributed by atoms with Crippen molar-refractivity contribution in [2.24, 2.45) is 0 Å². The number of hydrogen-bond donors (Lipinski definition) is 1. The van der Waals surface area contributed by atoms with E-state index in [9.17, 15) is 9.59 Å². The van der Waals surface area contributed by atoms with Crippen molar-refractivity contribution >= 4 is 23.2 Å². The topological polar surface area (TPSA) is 84.9 Å². The van der Waals surface area contributed by atoms with Crippen molar-refractivity contribution in [3.8, 4) is 5.75 Å². The fourth-order valence-electron chi connectivity index (χ4n) is 2.16. The second kappa shape index (κ2) is 7.72. The molecule has 0 atom stereocenters. The van der Waals surface area contributed by atoms with Gasteiger partial charge in [-0.15, -0.1) is 0 Å². The highest BCUT2D eigenvalue weighted by Crippen LogP contribution is 2.17. The molecule has 0 bridgehead atoms. The number of H-pyrrole nitrogens is 1. The van der Waals surface area contributed by atoms with Crippen LogP contribution in [0.4, 0.5) is 0 Å². The van der Waals surface area contributed by atoms with Crippen molar-refractivity contribution in [3.05, 3.63) is 76.8 Å². The number of hydrogen-bond acceptors (Lipinski definition) is 5. The molecule has 1 N–H and O–H groups in total. The maximum atomic E-state index is 12.1. The Bertz CT molecular complexity index is 860. The Morgan fingerprint density at radius 1 is 1.00 bits per heavy atom. The number of nitrogens with zero attached hydrogens (tertiary/aromatic N) is 2. The van der Waals surface area contributed by atoms with Crippen molar-refractivity contribution < 1.29 is 14.3 Å². The van der Waals surface area contributed by atoms with Crippen molar-refractivity contribution in [3.63, 3.8) is 0 Å². The maximum absolute atomic E-state index is 12.1. The molecule has 0 aliphatic heterocycles. The smallest absolute Gasteiger partial charge is 0.207 e. The lowest BCUT2D eigenvalue weighted by Gasteiger charge is -2.07. The third-order valence-corrected chi connectivity index (χ3v) is 3.75. The van der Waals surface area contributed by atoms with E-state index in [4.69, 9.17) is 16.3 Å². The number of carbonyl (C=O) groups is 2. The van der Waals surface area contributed by atoms with Crippen LogP contribution in [0.3, 0.4) is 0 Å². The van der Waals surface area contributed by atoms with Crippen LogP contribution in [-0.2, 0) is 6.61 Å². The van der Waals surface area contributed by atoms with E-state index in [2.05, 4.69) is 15.2 Å². The summed E-state index contributed by atoms with van der Waals surface area (Å²) in [5, 5.41) is 6.71. The standard InChI is InChI=1S/C18H14ClN3O3/c19-14-5-1-12(2-6-14)10-25-15-7-3-13(4-8-15)16(23)9-17(24)18-20-11-21-22-18/h1-8,11H,9-10H2,(H,20,21,22). The first-order valence-corrected chi connectivity index (χ1v) is 7.89. The van der Waals surface area contributed by atoms with Gasteiger partial charge in [0, 0.05) is 10.6 Å². The number of Topliss-reactive ketones (excluding diaryl/α,β-unsaturated/α-hetero) is 2. The normalized spacial score (nSPS) is 10.4. The van der Waals surface area contributed by atoms with Crippen molar-refractivity contribution in [2.45, 2.75) is 13.0 Å². The predicted octanol–water partition coefficient (Wildman–Crippen LogP) is 3.49. The number of aromatic amines is 1. The second-order valence-corrected chi connectivity index (χ2v) is 5.73. The van der Waals surface area contributed by atoms with Crippen LogP contribution in [0.2, 0.25) is 5.02 Å². The van der Waals surface area contributed by atoms with Crippen molar-refractivity contribution in [1.82, 2.24) is 15.2 Å². The fourth-order valence-corrected chi connectivity index (χ4v) is 2.28. The van der Waals surface area contributed by atoms with Crippen LogP contribution in [0.5, 0.6) is 5.75 Å². The van der Waals surface area contributed by atoms with Crippen molar-refractivity contribution in [1.29, 1.82) is 0 Å². The Labute approximate surface area is 148 Å². The summed E-state index contributed by atoms with van der Waals surface area (Å²) in [6.07, 6.45) is 0.963. The first kappa shape index (κ1) is 16.9. The lowest BCUT2D eigenvalue weighted by Crippen LogP contribution is -2.10. The number of ketones is 2. The van der Waals surface area contributed by atoms with Gasteiger partial charge in [-0.2, -0.15) is 5.10 Å². The van der Waals surface area contributed by atoms with E-state index >= 15 is 0 Å². The van der Waals surface area contributed by atoms with Crippen LogP contribution in [-0.4, -0.2) is 26.7 Å². The van der Waals surface area contributed by atoms with Crippen LogP contribution < -0.4 is 4.74 Å². The lowest BCUT2D eigenvalue weighted by molar-refractivity contribution is 0.0888. The molecule has 126 valence electrons. The first-order chi connectivity index (χ1) is 12.1. The highest BCUT2D eigenvalue weighted by atomic mass is 35.5. The molecule has 6 nitrogen and oxygen atoms in total. The summed E-state index contributed by atoms with van der Waals surface area (Å²) >= 11 is 5.84. The van der Waals surface area contributed by atoms with E-state index in [1.165, 1.54) is 6.33 Å². The minimum atomic E-state index is -0.398. The summed E-state index contributed by atoms with van der Waals surface area (Å²) < 4.78 is 5.66. The molecule has 2 aromatic carbocycles. The van der Waals surface area contributed by atoms with Crippen molar-refractivity contribution in [2.75, 3.05) is 0 Å². The molecule has 0 saturated carbocycles. The summed E-state index contributed by atoms with van der Waals surface area (Å²) in [5.41, 5.74) is 1.42.